The van der Waals surface area contributed by atoms with E-state index in [0.717, 1.165) is 74.4 Å². The molecule has 2 fully saturated rings. The monoisotopic (exact) mass is 584 g/mol. The van der Waals surface area contributed by atoms with Gasteiger partial charge in [0.1, 0.15) is 22.5 Å². The second kappa shape index (κ2) is 12.0. The van der Waals surface area contributed by atoms with E-state index in [-0.39, 0.29) is 17.8 Å². The summed E-state index contributed by atoms with van der Waals surface area (Å²) in [6.07, 6.45) is 3.54. The smallest absolute Gasteiger partial charge is 0.236 e. The predicted octanol–water partition coefficient (Wildman–Crippen LogP) is 4.21. The van der Waals surface area contributed by atoms with Crippen LogP contribution in [0.5, 0.6) is 0 Å². The Morgan fingerprint density at radius 2 is 1.83 bits per heavy atom. The van der Waals surface area contributed by atoms with Crippen molar-refractivity contribution in [3.8, 4) is 17.3 Å². The van der Waals surface area contributed by atoms with Crippen molar-refractivity contribution in [1.29, 1.82) is 5.26 Å². The molecule has 1 amide bonds. The van der Waals surface area contributed by atoms with Crippen LogP contribution in [0, 0.1) is 17.1 Å². The molecule has 4 heterocycles. The van der Waals surface area contributed by atoms with Crippen LogP contribution in [0.1, 0.15) is 17.7 Å². The van der Waals surface area contributed by atoms with E-state index in [0.29, 0.717) is 27.8 Å². The van der Waals surface area contributed by atoms with Crippen LogP contribution in [0.25, 0.3) is 22.2 Å². The number of hydrogen-bond donors (Lipinski definition) is 1. The maximum atomic E-state index is 13.5. The molecule has 2 aliphatic rings. The Hall–Kier alpha value is -4.11. The van der Waals surface area contributed by atoms with Gasteiger partial charge in [0.05, 0.1) is 17.7 Å². The van der Waals surface area contributed by atoms with Gasteiger partial charge in [-0.2, -0.15) is 5.26 Å². The van der Waals surface area contributed by atoms with Crippen LogP contribution in [0.2, 0.25) is 0 Å². The molecule has 2 aliphatic heterocycles. The number of halogens is 1. The van der Waals surface area contributed by atoms with Gasteiger partial charge in [-0.25, -0.2) is 9.37 Å². The van der Waals surface area contributed by atoms with Crippen molar-refractivity contribution >= 4 is 44.7 Å². The number of aromatic nitrogens is 2. The number of piperazine rings is 1. The van der Waals surface area contributed by atoms with Gasteiger partial charge in [-0.1, -0.05) is 11.3 Å². The Kier molecular flexibility index (Phi) is 8.02. The lowest BCUT2D eigenvalue weighted by atomic mass is 10.1. The molecular formula is C31H33FN8OS. The minimum absolute atomic E-state index is 0.198. The van der Waals surface area contributed by atoms with Crippen LogP contribution in [0.3, 0.4) is 0 Å². The maximum absolute atomic E-state index is 13.5. The first-order valence-corrected chi connectivity index (χ1v) is 15.0. The van der Waals surface area contributed by atoms with Gasteiger partial charge < -0.3 is 20.4 Å². The average molecular weight is 585 g/mol. The Balaban J connectivity index is 1.18. The van der Waals surface area contributed by atoms with Gasteiger partial charge in [-0.05, 0) is 61.4 Å². The fourth-order valence-electron chi connectivity index (χ4n) is 5.65. The molecule has 11 heteroatoms. The lowest BCUT2D eigenvalue weighted by Crippen LogP contribution is -2.51. The summed E-state index contributed by atoms with van der Waals surface area (Å²) in [5.41, 5.74) is 10.1. The highest BCUT2D eigenvalue weighted by Crippen LogP contribution is 2.38. The fraction of sp³-hybridized carbons (Fsp3) is 0.355. The van der Waals surface area contributed by atoms with Gasteiger partial charge in [0.2, 0.25) is 5.91 Å². The van der Waals surface area contributed by atoms with E-state index in [4.69, 9.17) is 10.7 Å². The number of nitrogens with two attached hydrogens (primary N) is 1. The van der Waals surface area contributed by atoms with E-state index in [2.05, 4.69) is 33.0 Å². The Morgan fingerprint density at radius 1 is 1.10 bits per heavy atom. The molecule has 0 bridgehead atoms. The number of anilines is 3. The van der Waals surface area contributed by atoms with Crippen LogP contribution >= 0.6 is 11.3 Å². The van der Waals surface area contributed by atoms with Gasteiger partial charge in [-0.3, -0.25) is 14.7 Å². The minimum atomic E-state index is -0.332. The summed E-state index contributed by atoms with van der Waals surface area (Å²) in [6.45, 7) is 5.26. The van der Waals surface area contributed by atoms with Gasteiger partial charge in [0, 0.05) is 75.2 Å². The van der Waals surface area contributed by atoms with Crippen molar-refractivity contribution in [3.05, 3.63) is 65.4 Å². The van der Waals surface area contributed by atoms with Crippen molar-refractivity contribution in [3.63, 3.8) is 0 Å². The van der Waals surface area contributed by atoms with E-state index in [1.165, 1.54) is 23.5 Å². The summed E-state index contributed by atoms with van der Waals surface area (Å²) >= 11 is 1.30. The molecule has 0 saturated carbocycles. The first-order chi connectivity index (χ1) is 20.4. The van der Waals surface area contributed by atoms with Gasteiger partial charge in [0.25, 0.3) is 0 Å². The zero-order chi connectivity index (χ0) is 29.2. The van der Waals surface area contributed by atoms with Crippen LogP contribution in [-0.4, -0.2) is 84.6 Å². The van der Waals surface area contributed by atoms with E-state index < -0.39 is 0 Å². The number of amides is 1. The summed E-state index contributed by atoms with van der Waals surface area (Å²) in [7, 11) is 1.93. The molecule has 9 nitrogen and oxygen atoms in total. The molecule has 4 aromatic rings. The molecule has 2 aromatic heterocycles. The average Bonchev–Trinajstić information content (AvgIpc) is 3.46. The second-order valence-corrected chi connectivity index (χ2v) is 11.8. The molecule has 42 heavy (non-hydrogen) atoms. The summed E-state index contributed by atoms with van der Waals surface area (Å²) in [5.74, 6) is -0.133. The van der Waals surface area contributed by atoms with Gasteiger partial charge in [-0.15, -0.1) is 0 Å². The topological polar surface area (TPSA) is 106 Å². The van der Waals surface area contributed by atoms with Crippen molar-refractivity contribution < 1.29 is 9.18 Å². The first-order valence-electron chi connectivity index (χ1n) is 14.2. The standard InChI is InChI=1S/C31H33FN8OS/c1-37(31-36-30(28(19-33)42-31)21-2-4-22(32)5-3-21)27-8-11-35-26-7-6-24(18-25(26)27)39-16-14-38(15-17-39)20-29(41)40-12-9-23(34)10-13-40/h2-8,11,18,23H,9-10,12-17,20,34H2,1H3. The molecule has 6 rings (SSSR count). The number of nitriles is 1. The molecule has 0 atom stereocenters. The third-order valence-corrected chi connectivity index (χ3v) is 9.21. The summed E-state index contributed by atoms with van der Waals surface area (Å²) in [5, 5.41) is 11.4. The van der Waals surface area contributed by atoms with Crippen molar-refractivity contribution in [2.45, 2.75) is 18.9 Å². The van der Waals surface area contributed by atoms with E-state index >= 15 is 0 Å². The number of rotatable bonds is 6. The third-order valence-electron chi connectivity index (χ3n) is 8.17. The SMILES string of the molecule is CN(c1nc(-c2ccc(F)cc2)c(C#N)s1)c1ccnc2ccc(N3CCN(CC(=O)N4CCC(N)CC4)CC3)cc12. The lowest BCUT2D eigenvalue weighted by molar-refractivity contribution is -0.133. The highest BCUT2D eigenvalue weighted by atomic mass is 32.1. The lowest BCUT2D eigenvalue weighted by Gasteiger charge is -2.37. The van der Waals surface area contributed by atoms with Crippen LogP contribution in [-0.2, 0) is 4.79 Å². The molecule has 216 valence electrons. The number of carbonyl (C=O) groups excluding carboxylic acids is 1. The predicted molar refractivity (Wildman–Crippen MR) is 164 cm³/mol. The molecule has 0 spiro atoms. The molecule has 0 radical (unpaired) electrons. The minimum Gasteiger partial charge on any atom is -0.369 e. The van der Waals surface area contributed by atoms with Crippen LogP contribution in [0.15, 0.2) is 54.7 Å². The Labute approximate surface area is 248 Å². The Morgan fingerprint density at radius 3 is 2.55 bits per heavy atom. The molecule has 2 N–H and O–H groups in total. The van der Waals surface area contributed by atoms with E-state index in [1.807, 2.05) is 29.0 Å². The fourth-order valence-corrected chi connectivity index (χ4v) is 6.51. The number of nitrogens with zero attached hydrogens (tertiary/aromatic N) is 7. The number of pyridine rings is 1. The van der Waals surface area contributed by atoms with Crippen molar-refractivity contribution in [2.24, 2.45) is 5.73 Å². The highest BCUT2D eigenvalue weighted by Gasteiger charge is 2.25. The second-order valence-electron chi connectivity index (χ2n) is 10.9. The maximum Gasteiger partial charge on any atom is 0.236 e. The van der Waals surface area contributed by atoms with Crippen molar-refractivity contribution in [2.75, 3.05) is 62.7 Å². The third kappa shape index (κ3) is 5.79. The molecule has 0 unspecified atom stereocenters. The van der Waals surface area contributed by atoms with Crippen LogP contribution < -0.4 is 15.5 Å². The Bertz CT molecular complexity index is 1620. The van der Waals surface area contributed by atoms with Gasteiger partial charge in [0.15, 0.2) is 5.13 Å². The summed E-state index contributed by atoms with van der Waals surface area (Å²) < 4.78 is 13.5. The number of fused-ring (bicyclic) bond motifs is 1. The summed E-state index contributed by atoms with van der Waals surface area (Å²) in [6, 6.07) is 16.7. The number of hydrogen-bond acceptors (Lipinski definition) is 9. The number of thiazole rings is 1. The van der Waals surface area contributed by atoms with E-state index in [9.17, 15) is 14.4 Å². The highest BCUT2D eigenvalue weighted by molar-refractivity contribution is 7.16. The van der Waals surface area contributed by atoms with E-state index in [1.54, 1.807) is 18.3 Å². The number of piperidine rings is 1. The normalized spacial score (nSPS) is 16.5. The number of benzene rings is 2. The quantitative estimate of drug-likeness (QED) is 0.360. The first kappa shape index (κ1) is 28.0. The largest absolute Gasteiger partial charge is 0.369 e. The molecular weight excluding hydrogens is 551 g/mol. The number of carbonyl (C=O) groups is 1. The van der Waals surface area contributed by atoms with Crippen LogP contribution in [0.4, 0.5) is 20.9 Å². The molecule has 2 saturated heterocycles. The molecule has 0 aliphatic carbocycles. The van der Waals surface area contributed by atoms with Crippen molar-refractivity contribution in [1.82, 2.24) is 19.8 Å². The zero-order valence-corrected chi connectivity index (χ0v) is 24.4. The number of likely N-dealkylation sites (tertiary alicyclic amines) is 1. The summed E-state index contributed by atoms with van der Waals surface area (Å²) in [4.78, 5) is 31.2. The zero-order valence-electron chi connectivity index (χ0n) is 23.5. The van der Waals surface area contributed by atoms with Gasteiger partial charge >= 0.3 is 0 Å². The molecule has 2 aromatic carbocycles.